The number of nitrogens with zero attached hydrogens (tertiary/aromatic N) is 3. The first kappa shape index (κ1) is 31.5. The Bertz CT molecular complexity index is 1210. The highest BCUT2D eigenvalue weighted by molar-refractivity contribution is 5.90. The van der Waals surface area contributed by atoms with Crippen molar-refractivity contribution in [3.63, 3.8) is 0 Å². The first-order chi connectivity index (χ1) is 20.2. The lowest BCUT2D eigenvalue weighted by Gasteiger charge is -2.43. The number of carbonyl (C=O) groups is 3. The monoisotopic (exact) mass is 577 g/mol. The Morgan fingerprint density at radius 2 is 1.74 bits per heavy atom. The number of hydrogen-bond acceptors (Lipinski definition) is 6. The van der Waals surface area contributed by atoms with E-state index in [0.717, 1.165) is 24.8 Å². The highest BCUT2D eigenvalue weighted by atomic mass is 16.6. The SMILES string of the molecule is CCN(C(=O)O[C@H]1CN(Cc2ccccc2)CCN1C(=O)[C@@H](NC(=O)[C@H](C)NC)C(C)C)C1CCCc2ccccc21. The maximum atomic E-state index is 14.0. The summed E-state index contributed by atoms with van der Waals surface area (Å²) in [7, 11) is 1.71. The van der Waals surface area contributed by atoms with Gasteiger partial charge in [0, 0.05) is 26.2 Å². The van der Waals surface area contributed by atoms with E-state index in [0.29, 0.717) is 32.7 Å². The van der Waals surface area contributed by atoms with Gasteiger partial charge in [0.05, 0.1) is 18.6 Å². The lowest BCUT2D eigenvalue weighted by Crippen LogP contribution is -2.62. The number of fused-ring (bicyclic) bond motifs is 1. The molecule has 1 fully saturated rings. The summed E-state index contributed by atoms with van der Waals surface area (Å²) in [5, 5.41) is 5.86. The van der Waals surface area contributed by atoms with Gasteiger partial charge >= 0.3 is 6.09 Å². The molecule has 1 aliphatic heterocycles. The Morgan fingerprint density at radius 1 is 1.02 bits per heavy atom. The lowest BCUT2D eigenvalue weighted by molar-refractivity contribution is -0.154. The highest BCUT2D eigenvalue weighted by Crippen LogP contribution is 2.35. The summed E-state index contributed by atoms with van der Waals surface area (Å²) in [6.07, 6.45) is 1.68. The Kier molecular flexibility index (Phi) is 11.0. The van der Waals surface area contributed by atoms with Gasteiger partial charge in [-0.25, -0.2) is 4.79 Å². The molecule has 3 amide bonds. The van der Waals surface area contributed by atoms with Crippen LogP contribution in [-0.4, -0.2) is 84.1 Å². The van der Waals surface area contributed by atoms with Crippen LogP contribution in [0.4, 0.5) is 4.79 Å². The lowest BCUT2D eigenvalue weighted by atomic mass is 9.87. The Hall–Kier alpha value is -3.43. The minimum absolute atomic E-state index is 0.0636. The molecule has 9 nitrogen and oxygen atoms in total. The van der Waals surface area contributed by atoms with Crippen molar-refractivity contribution in [3.8, 4) is 0 Å². The normalized spacial score (nSPS) is 20.4. The molecule has 0 bridgehead atoms. The Balaban J connectivity index is 1.57. The number of amides is 3. The zero-order chi connectivity index (χ0) is 30.2. The standard InChI is InChI=1S/C33H47N5O4/c1-6-37(28-18-12-16-26-15-10-11-17-27(26)28)33(41)42-29-22-36(21-25-13-8-7-9-14-25)19-20-38(29)32(40)30(23(2)3)35-31(39)24(4)34-5/h7-11,13-15,17,23-24,28-30,34H,6,12,16,18-22H2,1-5H3,(H,35,39)/t24-,28?,29-,30-/m0/s1. The molecule has 2 N–H and O–H groups in total. The largest absolute Gasteiger partial charge is 0.424 e. The minimum atomic E-state index is -0.782. The second-order valence-corrected chi connectivity index (χ2v) is 11.7. The number of likely N-dealkylation sites (N-methyl/N-ethyl adjacent to an activating group) is 1. The first-order valence-electron chi connectivity index (χ1n) is 15.3. The molecule has 4 rings (SSSR count). The third kappa shape index (κ3) is 7.50. The molecule has 228 valence electrons. The van der Waals surface area contributed by atoms with Gasteiger partial charge in [-0.1, -0.05) is 68.4 Å². The van der Waals surface area contributed by atoms with E-state index in [2.05, 4.69) is 39.8 Å². The molecule has 1 heterocycles. The van der Waals surface area contributed by atoms with Crippen molar-refractivity contribution < 1.29 is 19.1 Å². The van der Waals surface area contributed by atoms with Crippen LogP contribution in [0.25, 0.3) is 0 Å². The molecule has 2 aromatic carbocycles. The van der Waals surface area contributed by atoms with Crippen LogP contribution in [0.2, 0.25) is 0 Å². The number of benzene rings is 2. The maximum Gasteiger partial charge on any atom is 0.412 e. The van der Waals surface area contributed by atoms with E-state index in [1.165, 1.54) is 11.1 Å². The fraction of sp³-hybridized carbons (Fsp3) is 0.545. The zero-order valence-corrected chi connectivity index (χ0v) is 25.7. The molecule has 2 aliphatic rings. The van der Waals surface area contributed by atoms with Crippen molar-refractivity contribution in [1.82, 2.24) is 25.3 Å². The predicted molar refractivity (Wildman–Crippen MR) is 163 cm³/mol. The van der Waals surface area contributed by atoms with Gasteiger partial charge in [-0.05, 0) is 62.8 Å². The van der Waals surface area contributed by atoms with E-state index < -0.39 is 24.4 Å². The van der Waals surface area contributed by atoms with Gasteiger partial charge in [0.1, 0.15) is 6.04 Å². The average molecular weight is 578 g/mol. The van der Waals surface area contributed by atoms with Gasteiger partial charge in [0.2, 0.25) is 11.8 Å². The van der Waals surface area contributed by atoms with Crippen LogP contribution in [0.3, 0.4) is 0 Å². The second-order valence-electron chi connectivity index (χ2n) is 11.7. The molecule has 1 saturated heterocycles. The van der Waals surface area contributed by atoms with Crippen molar-refractivity contribution in [2.45, 2.75) is 77.9 Å². The summed E-state index contributed by atoms with van der Waals surface area (Å²) in [5.74, 6) is -0.617. The summed E-state index contributed by atoms with van der Waals surface area (Å²) >= 11 is 0. The van der Waals surface area contributed by atoms with Crippen LogP contribution in [-0.2, 0) is 27.3 Å². The topological polar surface area (TPSA) is 94.2 Å². The van der Waals surface area contributed by atoms with Crippen molar-refractivity contribution in [2.75, 3.05) is 33.2 Å². The number of nitrogens with one attached hydrogen (secondary N) is 2. The molecule has 4 atom stereocenters. The Morgan fingerprint density at radius 3 is 2.43 bits per heavy atom. The molecule has 0 radical (unpaired) electrons. The second kappa shape index (κ2) is 14.6. The molecule has 1 aliphatic carbocycles. The molecule has 2 aromatic rings. The number of piperazine rings is 1. The molecule has 9 heteroatoms. The van der Waals surface area contributed by atoms with Crippen LogP contribution in [0, 0.1) is 5.92 Å². The predicted octanol–water partition coefficient (Wildman–Crippen LogP) is 3.94. The van der Waals surface area contributed by atoms with Gasteiger partial charge in [0.25, 0.3) is 0 Å². The van der Waals surface area contributed by atoms with Gasteiger partial charge < -0.3 is 25.2 Å². The molecule has 0 spiro atoms. The van der Waals surface area contributed by atoms with E-state index in [1.54, 1.807) is 23.8 Å². The summed E-state index contributed by atoms with van der Waals surface area (Å²) < 4.78 is 6.24. The van der Waals surface area contributed by atoms with Crippen LogP contribution in [0.15, 0.2) is 54.6 Å². The van der Waals surface area contributed by atoms with Crippen molar-refractivity contribution in [3.05, 3.63) is 71.3 Å². The van der Waals surface area contributed by atoms with Crippen molar-refractivity contribution in [2.24, 2.45) is 5.92 Å². The van der Waals surface area contributed by atoms with Crippen molar-refractivity contribution >= 4 is 17.9 Å². The molecule has 0 saturated carbocycles. The summed E-state index contributed by atoms with van der Waals surface area (Å²) in [6, 6.07) is 17.2. The Labute approximate surface area is 250 Å². The van der Waals surface area contributed by atoms with E-state index in [-0.39, 0.29) is 23.8 Å². The number of carbonyl (C=O) groups excluding carboxylic acids is 3. The number of aryl methyl sites for hydroxylation is 1. The average Bonchev–Trinajstić information content (AvgIpc) is 3.00. The zero-order valence-electron chi connectivity index (χ0n) is 25.7. The highest BCUT2D eigenvalue weighted by Gasteiger charge is 2.40. The fourth-order valence-electron chi connectivity index (χ4n) is 5.96. The third-order valence-electron chi connectivity index (χ3n) is 8.53. The fourth-order valence-corrected chi connectivity index (χ4v) is 5.96. The quantitative estimate of drug-likeness (QED) is 0.444. The van der Waals surface area contributed by atoms with Crippen LogP contribution in [0.5, 0.6) is 0 Å². The molecular weight excluding hydrogens is 530 g/mol. The number of rotatable bonds is 10. The molecule has 0 aromatic heterocycles. The summed E-state index contributed by atoms with van der Waals surface area (Å²) in [4.78, 5) is 46.3. The third-order valence-corrected chi connectivity index (χ3v) is 8.53. The minimum Gasteiger partial charge on any atom is -0.424 e. The van der Waals surface area contributed by atoms with Crippen LogP contribution in [0.1, 0.15) is 63.3 Å². The number of hydrogen-bond donors (Lipinski definition) is 2. The van der Waals surface area contributed by atoms with Gasteiger partial charge in [-0.15, -0.1) is 0 Å². The van der Waals surface area contributed by atoms with Crippen LogP contribution >= 0.6 is 0 Å². The van der Waals surface area contributed by atoms with Crippen LogP contribution < -0.4 is 10.6 Å². The number of ether oxygens (including phenoxy) is 1. The smallest absolute Gasteiger partial charge is 0.412 e. The van der Waals surface area contributed by atoms with E-state index in [4.69, 9.17) is 4.74 Å². The molecule has 1 unspecified atom stereocenters. The maximum absolute atomic E-state index is 14.0. The van der Waals surface area contributed by atoms with E-state index >= 15 is 0 Å². The first-order valence-corrected chi connectivity index (χ1v) is 15.3. The molecule has 42 heavy (non-hydrogen) atoms. The van der Waals surface area contributed by atoms with E-state index in [1.807, 2.05) is 51.1 Å². The summed E-state index contributed by atoms with van der Waals surface area (Å²) in [5.41, 5.74) is 3.60. The van der Waals surface area contributed by atoms with Crippen molar-refractivity contribution in [1.29, 1.82) is 0 Å². The summed E-state index contributed by atoms with van der Waals surface area (Å²) in [6.45, 7) is 10.2. The molecular formula is C33H47N5O4. The van der Waals surface area contributed by atoms with E-state index in [9.17, 15) is 14.4 Å². The van der Waals surface area contributed by atoms with Gasteiger partial charge in [-0.3, -0.25) is 14.5 Å². The van der Waals surface area contributed by atoms with Gasteiger partial charge in [-0.2, -0.15) is 0 Å². The van der Waals surface area contributed by atoms with Gasteiger partial charge in [0.15, 0.2) is 6.23 Å².